The van der Waals surface area contributed by atoms with E-state index in [4.69, 9.17) is 0 Å². The molecule has 1 heterocycles. The second-order valence-electron chi connectivity index (χ2n) is 8.34. The first-order valence-corrected chi connectivity index (χ1v) is 12.4. The molecule has 1 saturated heterocycles. The lowest BCUT2D eigenvalue weighted by Gasteiger charge is -2.34. The van der Waals surface area contributed by atoms with Crippen molar-refractivity contribution in [1.82, 2.24) is 14.9 Å². The van der Waals surface area contributed by atoms with Crippen LogP contribution in [0.2, 0.25) is 0 Å². The Balaban J connectivity index is 1.70. The molecule has 1 aliphatic heterocycles. The molecule has 0 spiro atoms. The molecule has 31 heavy (non-hydrogen) atoms. The van der Waals surface area contributed by atoms with Crippen molar-refractivity contribution in [3.05, 3.63) is 65.2 Å². The second kappa shape index (κ2) is 10.4. The van der Waals surface area contributed by atoms with Crippen LogP contribution in [-0.2, 0) is 27.8 Å². The molecule has 1 fully saturated rings. The Hall–Kier alpha value is -2.22. The molecule has 0 unspecified atom stereocenters. The summed E-state index contributed by atoms with van der Waals surface area (Å²) >= 11 is 0. The number of nitrogens with zero attached hydrogens (tertiary/aromatic N) is 1. The molecule has 0 bridgehead atoms. The lowest BCUT2D eigenvalue weighted by molar-refractivity contribution is -0.125. The molecule has 0 aliphatic carbocycles. The average molecular weight is 444 g/mol. The van der Waals surface area contributed by atoms with E-state index in [0.717, 1.165) is 24.0 Å². The Kier molecular flexibility index (Phi) is 7.86. The smallest absolute Gasteiger partial charge is 0.243 e. The fourth-order valence-corrected chi connectivity index (χ4v) is 5.36. The zero-order valence-corrected chi connectivity index (χ0v) is 19.4. The monoisotopic (exact) mass is 443 g/mol. The highest BCUT2D eigenvalue weighted by molar-refractivity contribution is 7.89. The molecule has 2 aromatic carbocycles. The molecule has 2 N–H and O–H groups in total. The number of rotatable bonds is 8. The van der Waals surface area contributed by atoms with Crippen molar-refractivity contribution in [2.45, 2.75) is 57.0 Å². The van der Waals surface area contributed by atoms with Gasteiger partial charge in [-0.25, -0.2) is 8.42 Å². The van der Waals surface area contributed by atoms with Gasteiger partial charge in [-0.1, -0.05) is 63.6 Å². The zero-order valence-electron chi connectivity index (χ0n) is 18.6. The summed E-state index contributed by atoms with van der Waals surface area (Å²) in [5, 5.41) is 6.06. The molecule has 6 nitrogen and oxygen atoms in total. The van der Waals surface area contributed by atoms with E-state index in [-0.39, 0.29) is 17.3 Å². The molecule has 3 rings (SSSR count). The molecule has 1 atom stereocenters. The van der Waals surface area contributed by atoms with E-state index < -0.39 is 16.1 Å². The molecule has 7 heteroatoms. The van der Waals surface area contributed by atoms with E-state index >= 15 is 0 Å². The molecule has 1 aliphatic rings. The highest BCUT2D eigenvalue weighted by Gasteiger charge is 2.37. The van der Waals surface area contributed by atoms with Crippen molar-refractivity contribution < 1.29 is 13.2 Å². The number of nitrogens with one attached hydrogen (secondary N) is 2. The average Bonchev–Trinajstić information content (AvgIpc) is 2.78. The summed E-state index contributed by atoms with van der Waals surface area (Å²) in [6, 6.07) is 14.4. The first-order valence-electron chi connectivity index (χ1n) is 11.0. The van der Waals surface area contributed by atoms with Crippen LogP contribution in [0.1, 0.15) is 49.8 Å². The van der Waals surface area contributed by atoms with Crippen molar-refractivity contribution in [2.75, 3.05) is 19.6 Å². The first kappa shape index (κ1) is 23.4. The molecule has 0 aromatic heterocycles. The molecule has 0 saturated carbocycles. The van der Waals surface area contributed by atoms with E-state index in [0.29, 0.717) is 25.6 Å². The van der Waals surface area contributed by atoms with Gasteiger partial charge in [0, 0.05) is 26.2 Å². The summed E-state index contributed by atoms with van der Waals surface area (Å²) in [7, 11) is -3.75. The first-order chi connectivity index (χ1) is 14.8. The Morgan fingerprint density at radius 2 is 1.74 bits per heavy atom. The van der Waals surface area contributed by atoms with Crippen LogP contribution in [0.3, 0.4) is 0 Å². The van der Waals surface area contributed by atoms with E-state index in [2.05, 4.69) is 43.5 Å². The summed E-state index contributed by atoms with van der Waals surface area (Å²) < 4.78 is 27.9. The lowest BCUT2D eigenvalue weighted by atomic mass is 10.0. The summed E-state index contributed by atoms with van der Waals surface area (Å²) in [6.07, 6.45) is 1.92. The summed E-state index contributed by atoms with van der Waals surface area (Å²) in [5.74, 6) is 0.165. The van der Waals surface area contributed by atoms with Gasteiger partial charge < -0.3 is 10.6 Å². The van der Waals surface area contributed by atoms with Gasteiger partial charge in [-0.3, -0.25) is 4.79 Å². The number of hydrogen-bond acceptors (Lipinski definition) is 4. The third-order valence-electron chi connectivity index (χ3n) is 5.68. The third-order valence-corrected chi connectivity index (χ3v) is 7.60. The van der Waals surface area contributed by atoms with Gasteiger partial charge in [-0.05, 0) is 41.2 Å². The van der Waals surface area contributed by atoms with Gasteiger partial charge in [-0.15, -0.1) is 0 Å². The van der Waals surface area contributed by atoms with Crippen molar-refractivity contribution >= 4 is 15.9 Å². The Morgan fingerprint density at radius 1 is 1.10 bits per heavy atom. The van der Waals surface area contributed by atoms with Gasteiger partial charge in [-0.2, -0.15) is 4.31 Å². The number of piperazine rings is 1. The van der Waals surface area contributed by atoms with E-state index in [1.54, 1.807) is 12.1 Å². The minimum atomic E-state index is -3.75. The van der Waals surface area contributed by atoms with Crippen LogP contribution in [0.15, 0.2) is 53.4 Å². The topological polar surface area (TPSA) is 78.5 Å². The maximum absolute atomic E-state index is 13.3. The number of sulfonamides is 1. The van der Waals surface area contributed by atoms with Crippen LogP contribution in [-0.4, -0.2) is 44.3 Å². The van der Waals surface area contributed by atoms with Crippen LogP contribution in [0.4, 0.5) is 0 Å². The van der Waals surface area contributed by atoms with Crippen LogP contribution in [0.5, 0.6) is 0 Å². The predicted molar refractivity (Wildman–Crippen MR) is 123 cm³/mol. The lowest BCUT2D eigenvalue weighted by Crippen LogP contribution is -2.59. The molecular formula is C24H33N3O3S. The normalized spacial score (nSPS) is 17.6. The third kappa shape index (κ3) is 5.73. The quantitative estimate of drug-likeness (QED) is 0.657. The van der Waals surface area contributed by atoms with Crippen molar-refractivity contribution in [1.29, 1.82) is 0 Å². The standard InChI is InChI=1S/C24H33N3O3S/c1-4-5-19-8-12-22(13-9-19)31(29,30)27-15-14-25-17-23(27)24(28)26-16-20-6-10-21(11-7-20)18(2)3/h6-13,18,23,25H,4-5,14-17H2,1-3H3,(H,26,28)/t23-/m1/s1. The fraction of sp³-hybridized carbons (Fsp3) is 0.458. The van der Waals surface area contributed by atoms with Crippen LogP contribution >= 0.6 is 0 Å². The Labute approximate surface area is 186 Å². The van der Waals surface area contributed by atoms with Gasteiger partial charge in [0.25, 0.3) is 0 Å². The SMILES string of the molecule is CCCc1ccc(S(=O)(=O)N2CCNC[C@@H]2C(=O)NCc2ccc(C(C)C)cc2)cc1. The number of amides is 1. The van der Waals surface area contributed by atoms with Crippen molar-refractivity contribution in [3.8, 4) is 0 Å². The summed E-state index contributed by atoms with van der Waals surface area (Å²) in [6.45, 7) is 7.82. The highest BCUT2D eigenvalue weighted by atomic mass is 32.2. The minimum absolute atomic E-state index is 0.233. The predicted octanol–water partition coefficient (Wildman–Crippen LogP) is 3.04. The van der Waals surface area contributed by atoms with Gasteiger partial charge in [0.2, 0.25) is 15.9 Å². The van der Waals surface area contributed by atoms with Crippen molar-refractivity contribution in [2.24, 2.45) is 0 Å². The Bertz CT molecular complexity index is 970. The highest BCUT2D eigenvalue weighted by Crippen LogP contribution is 2.21. The van der Waals surface area contributed by atoms with E-state index in [9.17, 15) is 13.2 Å². The van der Waals surface area contributed by atoms with Crippen molar-refractivity contribution in [3.63, 3.8) is 0 Å². The fourth-order valence-electron chi connectivity index (χ4n) is 3.78. The maximum atomic E-state index is 13.3. The molecule has 168 valence electrons. The molecule has 2 aromatic rings. The van der Waals surface area contributed by atoms with Gasteiger partial charge in [0.15, 0.2) is 0 Å². The summed E-state index contributed by atoms with van der Waals surface area (Å²) in [4.78, 5) is 13.1. The maximum Gasteiger partial charge on any atom is 0.243 e. The van der Waals surface area contributed by atoms with Gasteiger partial charge in [0.05, 0.1) is 4.90 Å². The minimum Gasteiger partial charge on any atom is -0.351 e. The zero-order chi connectivity index (χ0) is 22.4. The summed E-state index contributed by atoms with van der Waals surface area (Å²) in [5.41, 5.74) is 3.34. The Morgan fingerprint density at radius 3 is 2.35 bits per heavy atom. The van der Waals surface area contributed by atoms with Gasteiger partial charge in [0.1, 0.15) is 6.04 Å². The molecule has 1 amide bonds. The van der Waals surface area contributed by atoms with Crippen LogP contribution in [0.25, 0.3) is 0 Å². The van der Waals surface area contributed by atoms with E-state index in [1.807, 2.05) is 24.3 Å². The molecular weight excluding hydrogens is 410 g/mol. The van der Waals surface area contributed by atoms with E-state index in [1.165, 1.54) is 9.87 Å². The van der Waals surface area contributed by atoms with Crippen LogP contribution in [0, 0.1) is 0 Å². The number of benzene rings is 2. The number of carbonyl (C=O) groups is 1. The largest absolute Gasteiger partial charge is 0.351 e. The van der Waals surface area contributed by atoms with Gasteiger partial charge >= 0.3 is 0 Å². The second-order valence-corrected chi connectivity index (χ2v) is 10.2. The van der Waals surface area contributed by atoms with Crippen LogP contribution < -0.4 is 10.6 Å². The number of carbonyl (C=O) groups excluding carboxylic acids is 1. The number of aryl methyl sites for hydroxylation is 1. The molecule has 0 radical (unpaired) electrons. The number of hydrogen-bond donors (Lipinski definition) is 2.